The van der Waals surface area contributed by atoms with Crippen LogP contribution in [0.5, 0.6) is 5.75 Å². The number of hydrogen-bond donors (Lipinski definition) is 3. The van der Waals surface area contributed by atoms with E-state index >= 15 is 0 Å². The Morgan fingerprint density at radius 3 is 2.80 bits per heavy atom. The number of phenolic OH excluding ortho intramolecular Hbond substituents is 1. The molecule has 0 aromatic heterocycles. The van der Waals surface area contributed by atoms with Gasteiger partial charge in [0.1, 0.15) is 11.8 Å². The van der Waals surface area contributed by atoms with Crippen molar-refractivity contribution >= 4 is 12.2 Å². The summed E-state index contributed by atoms with van der Waals surface area (Å²) in [4.78, 5) is 0. The molecule has 0 radical (unpaired) electrons. The summed E-state index contributed by atoms with van der Waals surface area (Å²) < 4.78 is 0. The minimum atomic E-state index is -0.179. The van der Waals surface area contributed by atoms with Crippen molar-refractivity contribution in [3.63, 3.8) is 0 Å². The molecule has 5 N–H and O–H groups in total. The molecule has 0 spiro atoms. The summed E-state index contributed by atoms with van der Waals surface area (Å²) in [5, 5.41) is 25.0. The molecule has 6 heteroatoms. The van der Waals surface area contributed by atoms with E-state index in [1.165, 1.54) is 12.3 Å². The van der Waals surface area contributed by atoms with E-state index in [1.54, 1.807) is 12.1 Å². The highest BCUT2D eigenvalue weighted by atomic mass is 16.3. The van der Waals surface area contributed by atoms with E-state index < -0.39 is 0 Å². The van der Waals surface area contributed by atoms with Crippen molar-refractivity contribution < 1.29 is 5.11 Å². The van der Waals surface area contributed by atoms with Crippen molar-refractivity contribution in [3.8, 4) is 11.8 Å². The average molecular weight is 203 g/mol. The second-order valence-corrected chi connectivity index (χ2v) is 2.62. The SMILES string of the molecule is N#Cc1cccc(C=NN=C(N)N)c1O. The molecule has 0 aliphatic heterocycles. The highest BCUT2D eigenvalue weighted by molar-refractivity contribution is 5.85. The molecule has 6 nitrogen and oxygen atoms in total. The van der Waals surface area contributed by atoms with E-state index in [4.69, 9.17) is 16.7 Å². The van der Waals surface area contributed by atoms with E-state index in [-0.39, 0.29) is 17.3 Å². The number of phenols is 1. The van der Waals surface area contributed by atoms with Gasteiger partial charge in [-0.15, -0.1) is 5.10 Å². The molecule has 76 valence electrons. The Morgan fingerprint density at radius 1 is 1.47 bits per heavy atom. The Bertz CT molecular complexity index is 454. The molecule has 0 saturated heterocycles. The van der Waals surface area contributed by atoms with Gasteiger partial charge in [0.25, 0.3) is 0 Å². The van der Waals surface area contributed by atoms with Gasteiger partial charge in [0, 0.05) is 5.56 Å². The van der Waals surface area contributed by atoms with Crippen molar-refractivity contribution in [2.45, 2.75) is 0 Å². The summed E-state index contributed by atoms with van der Waals surface area (Å²) in [6, 6.07) is 6.54. The summed E-state index contributed by atoms with van der Waals surface area (Å²) in [5.74, 6) is -0.322. The van der Waals surface area contributed by atoms with Crippen LogP contribution >= 0.6 is 0 Å². The van der Waals surface area contributed by atoms with Crippen LogP contribution in [0.3, 0.4) is 0 Å². The minimum Gasteiger partial charge on any atom is -0.506 e. The maximum absolute atomic E-state index is 9.53. The largest absolute Gasteiger partial charge is 0.506 e. The zero-order valence-corrected chi connectivity index (χ0v) is 7.75. The normalized spacial score (nSPS) is 9.80. The Hall–Kier alpha value is -2.55. The molecule has 0 bridgehead atoms. The van der Waals surface area contributed by atoms with Gasteiger partial charge in [0.2, 0.25) is 5.96 Å². The second kappa shape index (κ2) is 4.62. The van der Waals surface area contributed by atoms with Gasteiger partial charge in [0.05, 0.1) is 11.8 Å². The van der Waals surface area contributed by atoms with E-state index in [9.17, 15) is 5.11 Å². The lowest BCUT2D eigenvalue weighted by Crippen LogP contribution is -2.21. The lowest BCUT2D eigenvalue weighted by molar-refractivity contribution is 0.472. The standard InChI is InChI=1S/C9H9N5O/c10-4-6-2-1-3-7(8(6)15)5-13-14-9(11)12/h1-3,5,15H,(H4,11,12,14). The number of nitriles is 1. The summed E-state index contributed by atoms with van der Waals surface area (Å²) in [5.41, 5.74) is 10.6. The van der Waals surface area contributed by atoms with E-state index in [2.05, 4.69) is 10.2 Å². The van der Waals surface area contributed by atoms with Crippen molar-refractivity contribution in [2.75, 3.05) is 0 Å². The zero-order valence-electron chi connectivity index (χ0n) is 7.75. The number of aromatic hydroxyl groups is 1. The van der Waals surface area contributed by atoms with Gasteiger partial charge in [0.15, 0.2) is 0 Å². The fourth-order valence-electron chi connectivity index (χ4n) is 0.914. The fraction of sp³-hybridized carbons (Fsp3) is 0. The lowest BCUT2D eigenvalue weighted by Gasteiger charge is -1.98. The van der Waals surface area contributed by atoms with Crippen LogP contribution in [0.15, 0.2) is 28.4 Å². The highest BCUT2D eigenvalue weighted by Crippen LogP contribution is 2.19. The summed E-state index contributed by atoms with van der Waals surface area (Å²) in [6.45, 7) is 0. The fourth-order valence-corrected chi connectivity index (χ4v) is 0.914. The summed E-state index contributed by atoms with van der Waals surface area (Å²) in [7, 11) is 0. The van der Waals surface area contributed by atoms with Crippen molar-refractivity contribution in [1.82, 2.24) is 0 Å². The third kappa shape index (κ3) is 2.70. The maximum atomic E-state index is 9.53. The molecule has 1 rings (SSSR count). The van der Waals surface area contributed by atoms with E-state index in [0.717, 1.165) is 0 Å². The van der Waals surface area contributed by atoms with Gasteiger partial charge in [-0.2, -0.15) is 10.4 Å². The van der Waals surface area contributed by atoms with Crippen LogP contribution in [-0.2, 0) is 0 Å². The molecule has 0 atom stereocenters. The van der Waals surface area contributed by atoms with E-state index in [0.29, 0.717) is 5.56 Å². The molecule has 0 unspecified atom stereocenters. The van der Waals surface area contributed by atoms with Crippen molar-refractivity contribution in [2.24, 2.45) is 21.7 Å². The van der Waals surface area contributed by atoms with Gasteiger partial charge in [-0.05, 0) is 12.1 Å². The molecule has 15 heavy (non-hydrogen) atoms. The first-order valence-corrected chi connectivity index (χ1v) is 3.99. The Morgan fingerprint density at radius 2 is 2.20 bits per heavy atom. The Labute approximate surface area is 86.2 Å². The van der Waals surface area contributed by atoms with Crippen LogP contribution in [0, 0.1) is 11.3 Å². The van der Waals surface area contributed by atoms with Crippen molar-refractivity contribution in [3.05, 3.63) is 29.3 Å². The molecule has 0 saturated carbocycles. The van der Waals surface area contributed by atoms with Crippen LogP contribution in [0.2, 0.25) is 0 Å². The van der Waals surface area contributed by atoms with Gasteiger partial charge < -0.3 is 16.6 Å². The predicted molar refractivity (Wildman–Crippen MR) is 56.2 cm³/mol. The first kappa shape index (κ1) is 10.5. The molecule has 0 fully saturated rings. The topological polar surface area (TPSA) is 121 Å². The van der Waals surface area contributed by atoms with Crippen LogP contribution in [0.4, 0.5) is 0 Å². The lowest BCUT2D eigenvalue weighted by atomic mass is 10.1. The maximum Gasteiger partial charge on any atom is 0.211 e. The predicted octanol–water partition coefficient (Wildman–Crippen LogP) is -0.129. The van der Waals surface area contributed by atoms with Crippen LogP contribution in [-0.4, -0.2) is 17.3 Å². The molecular weight excluding hydrogens is 194 g/mol. The summed E-state index contributed by atoms with van der Waals surface area (Å²) >= 11 is 0. The average Bonchev–Trinajstić information content (AvgIpc) is 2.20. The molecule has 1 aromatic rings. The number of nitrogens with two attached hydrogens (primary N) is 2. The number of rotatable bonds is 2. The second-order valence-electron chi connectivity index (χ2n) is 2.62. The number of benzene rings is 1. The summed E-state index contributed by atoms with van der Waals surface area (Å²) in [6.07, 6.45) is 1.26. The number of guanidine groups is 1. The quantitative estimate of drug-likeness (QED) is 0.352. The van der Waals surface area contributed by atoms with Gasteiger partial charge in [-0.1, -0.05) is 6.07 Å². The molecule has 0 aliphatic rings. The van der Waals surface area contributed by atoms with E-state index in [1.807, 2.05) is 6.07 Å². The van der Waals surface area contributed by atoms with Gasteiger partial charge in [-0.25, -0.2) is 0 Å². The molecular formula is C9H9N5O. The third-order valence-electron chi connectivity index (χ3n) is 1.56. The van der Waals surface area contributed by atoms with Crippen LogP contribution < -0.4 is 11.5 Å². The zero-order chi connectivity index (χ0) is 11.3. The smallest absolute Gasteiger partial charge is 0.211 e. The number of para-hydroxylation sites is 1. The molecule has 0 aliphatic carbocycles. The van der Waals surface area contributed by atoms with Crippen molar-refractivity contribution in [1.29, 1.82) is 5.26 Å². The Balaban J connectivity index is 3.02. The number of hydrogen-bond acceptors (Lipinski definition) is 4. The van der Waals surface area contributed by atoms with Gasteiger partial charge >= 0.3 is 0 Å². The monoisotopic (exact) mass is 203 g/mol. The Kier molecular flexibility index (Phi) is 3.24. The van der Waals surface area contributed by atoms with Gasteiger partial charge in [-0.3, -0.25) is 0 Å². The molecule has 1 aromatic carbocycles. The first-order valence-electron chi connectivity index (χ1n) is 3.99. The molecule has 0 heterocycles. The first-order chi connectivity index (χ1) is 7.15. The molecule has 0 amide bonds. The number of nitrogens with zero attached hydrogens (tertiary/aromatic N) is 3. The third-order valence-corrected chi connectivity index (χ3v) is 1.56. The minimum absolute atomic E-state index is 0.144. The highest BCUT2D eigenvalue weighted by Gasteiger charge is 2.03. The van der Waals surface area contributed by atoms with Crippen LogP contribution in [0.25, 0.3) is 0 Å². The van der Waals surface area contributed by atoms with Crippen LogP contribution in [0.1, 0.15) is 11.1 Å².